The van der Waals surface area contributed by atoms with Crippen LogP contribution in [0.2, 0.25) is 5.02 Å². The number of rotatable bonds is 4. The number of aryl methyl sites for hydroxylation is 2. The van der Waals surface area contributed by atoms with Gasteiger partial charge in [-0.2, -0.15) is 0 Å². The molecular formula is C20H22ClN3O2. The topological polar surface area (TPSA) is 56.0 Å². The zero-order chi connectivity index (χ0) is 19.0. The maximum Gasteiger partial charge on any atom is 0.272 e. The molecule has 2 heterocycles. The number of hydrogen-bond donors (Lipinski definition) is 1. The van der Waals surface area contributed by atoms with Gasteiger partial charge in [0.25, 0.3) is 11.5 Å². The van der Waals surface area contributed by atoms with Crippen molar-refractivity contribution in [3.8, 4) is 0 Å². The normalized spacial score (nSPS) is 11.3. The summed E-state index contributed by atoms with van der Waals surface area (Å²) in [5.74, 6) is 0.105. The number of pyridine rings is 1. The summed E-state index contributed by atoms with van der Waals surface area (Å²) in [6, 6.07) is 8.84. The van der Waals surface area contributed by atoms with E-state index in [0.717, 1.165) is 11.1 Å². The molecule has 0 atom stereocenters. The fourth-order valence-electron chi connectivity index (χ4n) is 3.08. The number of halogens is 1. The van der Waals surface area contributed by atoms with Gasteiger partial charge in [0, 0.05) is 30.5 Å². The maximum absolute atomic E-state index is 12.7. The molecule has 0 radical (unpaired) electrons. The van der Waals surface area contributed by atoms with Crippen molar-refractivity contribution in [1.29, 1.82) is 0 Å². The Labute approximate surface area is 157 Å². The van der Waals surface area contributed by atoms with E-state index in [2.05, 4.69) is 19.2 Å². The minimum absolute atomic E-state index is 0.0754. The lowest BCUT2D eigenvalue weighted by molar-refractivity contribution is 0.101. The summed E-state index contributed by atoms with van der Waals surface area (Å²) >= 11 is 5.96. The Hall–Kier alpha value is -2.53. The number of fused-ring (bicyclic) bond motifs is 1. The summed E-state index contributed by atoms with van der Waals surface area (Å²) in [4.78, 5) is 25.4. The summed E-state index contributed by atoms with van der Waals surface area (Å²) in [5, 5.41) is 4.07. The molecule has 0 spiro atoms. The van der Waals surface area contributed by atoms with E-state index in [9.17, 15) is 9.59 Å². The molecule has 6 heteroatoms. The van der Waals surface area contributed by atoms with Gasteiger partial charge in [0.1, 0.15) is 5.69 Å². The molecule has 0 saturated heterocycles. The van der Waals surface area contributed by atoms with Crippen molar-refractivity contribution in [3.63, 3.8) is 0 Å². The number of amides is 1. The number of carbonyl (C=O) groups is 1. The van der Waals surface area contributed by atoms with Crippen molar-refractivity contribution in [2.24, 2.45) is 13.0 Å². The summed E-state index contributed by atoms with van der Waals surface area (Å²) < 4.78 is 3.44. The summed E-state index contributed by atoms with van der Waals surface area (Å²) in [7, 11) is 1.79. The van der Waals surface area contributed by atoms with E-state index in [-0.39, 0.29) is 11.5 Å². The Morgan fingerprint density at radius 2 is 1.96 bits per heavy atom. The molecule has 1 aromatic carbocycles. The van der Waals surface area contributed by atoms with Crippen LogP contribution in [0.1, 0.15) is 29.9 Å². The third-order valence-electron chi connectivity index (χ3n) is 4.41. The van der Waals surface area contributed by atoms with Crippen molar-refractivity contribution in [2.45, 2.75) is 27.3 Å². The maximum atomic E-state index is 12.7. The lowest BCUT2D eigenvalue weighted by Gasteiger charge is -2.10. The first kappa shape index (κ1) is 18.3. The highest BCUT2D eigenvalue weighted by molar-refractivity contribution is 6.30. The molecule has 0 aliphatic carbocycles. The Morgan fingerprint density at radius 1 is 1.23 bits per heavy atom. The largest absolute Gasteiger partial charge is 0.339 e. The highest BCUT2D eigenvalue weighted by Crippen LogP contribution is 2.22. The van der Waals surface area contributed by atoms with Crippen LogP contribution in [0.15, 0.2) is 41.3 Å². The first-order valence-electron chi connectivity index (χ1n) is 8.54. The summed E-state index contributed by atoms with van der Waals surface area (Å²) in [6.07, 6.45) is 1.79. The molecule has 0 aliphatic heterocycles. The van der Waals surface area contributed by atoms with Gasteiger partial charge in [0.2, 0.25) is 0 Å². The number of carbonyl (C=O) groups excluding carboxylic acids is 1. The Bertz CT molecular complexity index is 1050. The van der Waals surface area contributed by atoms with Gasteiger partial charge in [-0.25, -0.2) is 0 Å². The third kappa shape index (κ3) is 3.40. The molecule has 2 aromatic heterocycles. The smallest absolute Gasteiger partial charge is 0.272 e. The molecule has 3 rings (SSSR count). The minimum atomic E-state index is -0.260. The van der Waals surface area contributed by atoms with Gasteiger partial charge in [0.05, 0.1) is 10.9 Å². The molecule has 1 amide bonds. The minimum Gasteiger partial charge on any atom is -0.339 e. The SMILES string of the molecule is Cc1cc(Cl)ccc1NC(=O)c1cc2c(=O)n(CC(C)C)ccc2n1C. The number of aromatic nitrogens is 2. The van der Waals surface area contributed by atoms with Crippen LogP contribution >= 0.6 is 11.6 Å². The molecule has 1 N–H and O–H groups in total. The zero-order valence-electron chi connectivity index (χ0n) is 15.3. The fourth-order valence-corrected chi connectivity index (χ4v) is 3.31. The van der Waals surface area contributed by atoms with Crippen LogP contribution in [0.25, 0.3) is 10.9 Å². The van der Waals surface area contributed by atoms with Crippen molar-refractivity contribution in [1.82, 2.24) is 9.13 Å². The molecule has 0 unspecified atom stereocenters. The van der Waals surface area contributed by atoms with E-state index >= 15 is 0 Å². The van der Waals surface area contributed by atoms with Crippen LogP contribution in [0, 0.1) is 12.8 Å². The number of benzene rings is 1. The van der Waals surface area contributed by atoms with Crippen molar-refractivity contribution >= 4 is 34.1 Å². The molecule has 136 valence electrons. The fraction of sp³-hybridized carbons (Fsp3) is 0.300. The van der Waals surface area contributed by atoms with Gasteiger partial charge in [0.15, 0.2) is 0 Å². The Morgan fingerprint density at radius 3 is 2.62 bits per heavy atom. The molecular weight excluding hydrogens is 350 g/mol. The van der Waals surface area contributed by atoms with Gasteiger partial charge < -0.3 is 14.5 Å². The molecule has 5 nitrogen and oxygen atoms in total. The van der Waals surface area contributed by atoms with Crippen LogP contribution in [0.4, 0.5) is 5.69 Å². The van der Waals surface area contributed by atoms with Gasteiger partial charge in [-0.15, -0.1) is 0 Å². The monoisotopic (exact) mass is 371 g/mol. The number of nitrogens with one attached hydrogen (secondary N) is 1. The number of hydrogen-bond acceptors (Lipinski definition) is 2. The van der Waals surface area contributed by atoms with Crippen molar-refractivity contribution in [3.05, 3.63) is 63.2 Å². The lowest BCUT2D eigenvalue weighted by Crippen LogP contribution is -2.21. The second-order valence-electron chi connectivity index (χ2n) is 6.97. The van der Waals surface area contributed by atoms with Crippen molar-refractivity contribution in [2.75, 3.05) is 5.32 Å². The van der Waals surface area contributed by atoms with E-state index < -0.39 is 0 Å². The van der Waals surface area contributed by atoms with E-state index in [0.29, 0.717) is 34.3 Å². The van der Waals surface area contributed by atoms with E-state index in [4.69, 9.17) is 11.6 Å². The molecule has 0 fully saturated rings. The predicted octanol–water partition coefficient (Wildman–Crippen LogP) is 4.21. The molecule has 3 aromatic rings. The first-order valence-corrected chi connectivity index (χ1v) is 8.92. The van der Waals surface area contributed by atoms with E-state index in [1.165, 1.54) is 0 Å². The third-order valence-corrected chi connectivity index (χ3v) is 4.65. The first-order chi connectivity index (χ1) is 12.3. The summed E-state index contributed by atoms with van der Waals surface area (Å²) in [6.45, 7) is 6.66. The molecule has 26 heavy (non-hydrogen) atoms. The van der Waals surface area contributed by atoms with Crippen LogP contribution in [0.5, 0.6) is 0 Å². The highest BCUT2D eigenvalue weighted by Gasteiger charge is 2.17. The molecule has 0 aliphatic rings. The number of anilines is 1. The molecule has 0 saturated carbocycles. The lowest BCUT2D eigenvalue weighted by atomic mass is 10.2. The van der Waals surface area contributed by atoms with Gasteiger partial charge in [-0.05, 0) is 48.7 Å². The van der Waals surface area contributed by atoms with Gasteiger partial charge in [-0.3, -0.25) is 9.59 Å². The van der Waals surface area contributed by atoms with Crippen LogP contribution in [-0.2, 0) is 13.6 Å². The van der Waals surface area contributed by atoms with Crippen LogP contribution < -0.4 is 10.9 Å². The highest BCUT2D eigenvalue weighted by atomic mass is 35.5. The van der Waals surface area contributed by atoms with Crippen LogP contribution in [0.3, 0.4) is 0 Å². The molecule has 0 bridgehead atoms. The van der Waals surface area contributed by atoms with E-state index in [1.54, 1.807) is 46.6 Å². The Balaban J connectivity index is 1.99. The van der Waals surface area contributed by atoms with Crippen molar-refractivity contribution < 1.29 is 4.79 Å². The average Bonchev–Trinajstić information content (AvgIpc) is 2.90. The van der Waals surface area contributed by atoms with E-state index in [1.807, 2.05) is 13.0 Å². The predicted molar refractivity (Wildman–Crippen MR) is 106 cm³/mol. The van der Waals surface area contributed by atoms with Gasteiger partial charge >= 0.3 is 0 Å². The Kier molecular flexibility index (Phi) is 4.92. The summed E-state index contributed by atoms with van der Waals surface area (Å²) in [5.41, 5.74) is 2.68. The van der Waals surface area contributed by atoms with Crippen LogP contribution in [-0.4, -0.2) is 15.0 Å². The average molecular weight is 372 g/mol. The quantitative estimate of drug-likeness (QED) is 0.746. The number of nitrogens with zero attached hydrogens (tertiary/aromatic N) is 2. The second kappa shape index (κ2) is 7.00. The zero-order valence-corrected chi connectivity index (χ0v) is 16.1. The standard InChI is InChI=1S/C20H22ClN3O2/c1-12(2)11-24-8-7-17-15(20(24)26)10-18(23(17)4)19(25)22-16-6-5-14(21)9-13(16)3/h5-10,12H,11H2,1-4H3,(H,22,25). The van der Waals surface area contributed by atoms with Gasteiger partial charge in [-0.1, -0.05) is 25.4 Å². The second-order valence-corrected chi connectivity index (χ2v) is 7.40.